The predicted molar refractivity (Wildman–Crippen MR) is 109 cm³/mol. The molecule has 1 aromatic rings. The van der Waals surface area contributed by atoms with Crippen molar-refractivity contribution in [1.82, 2.24) is 5.32 Å². The van der Waals surface area contributed by atoms with Crippen molar-refractivity contribution in [2.24, 2.45) is 10.9 Å². The van der Waals surface area contributed by atoms with Gasteiger partial charge in [-0.15, -0.1) is 0 Å². The number of dihydropyridines is 1. The molecule has 1 atom stereocenters. The van der Waals surface area contributed by atoms with Gasteiger partial charge in [-0.25, -0.2) is 4.99 Å². The molecule has 30 heavy (non-hydrogen) atoms. The molecular weight excluding hydrogens is 390 g/mol. The molecule has 1 aliphatic carbocycles. The molecule has 0 aromatic heterocycles. The van der Waals surface area contributed by atoms with E-state index < -0.39 is 16.7 Å². The summed E-state index contributed by atoms with van der Waals surface area (Å²) in [5.41, 5.74) is 1.47. The number of nitro groups is 1. The van der Waals surface area contributed by atoms with Crippen molar-refractivity contribution in [3.05, 3.63) is 74.8 Å². The number of nitrogens with one attached hydrogen (secondary N) is 1. The smallest absolute Gasteiger partial charge is 0.273 e. The summed E-state index contributed by atoms with van der Waals surface area (Å²) in [7, 11) is 3.05. The van der Waals surface area contributed by atoms with E-state index in [0.29, 0.717) is 28.4 Å². The van der Waals surface area contributed by atoms with Gasteiger partial charge < -0.3 is 14.8 Å². The Hall–Kier alpha value is -3.75. The monoisotopic (exact) mass is 411 g/mol. The van der Waals surface area contributed by atoms with Crippen LogP contribution in [0.1, 0.15) is 22.3 Å². The molecule has 2 aliphatic rings. The van der Waals surface area contributed by atoms with Crippen LogP contribution in [0, 0.1) is 23.0 Å². The minimum atomic E-state index is -0.527. The summed E-state index contributed by atoms with van der Waals surface area (Å²) in [6.07, 6.45) is 5.48. The van der Waals surface area contributed by atoms with Crippen molar-refractivity contribution in [1.29, 1.82) is 0 Å². The summed E-state index contributed by atoms with van der Waals surface area (Å²) < 4.78 is 10.7. The molecular formula is C21H21N3O6. The van der Waals surface area contributed by atoms with Gasteiger partial charge in [0.05, 0.1) is 25.1 Å². The number of carbonyl (C=O) groups is 2. The van der Waals surface area contributed by atoms with Gasteiger partial charge in [0.15, 0.2) is 0 Å². The Bertz CT molecular complexity index is 1040. The first-order valence-electron chi connectivity index (χ1n) is 9.22. The molecule has 0 bridgehead atoms. The van der Waals surface area contributed by atoms with Crippen LogP contribution in [0.3, 0.4) is 0 Å². The fourth-order valence-corrected chi connectivity index (χ4v) is 3.29. The molecule has 2 amide bonds. The van der Waals surface area contributed by atoms with Crippen LogP contribution in [0.15, 0.2) is 58.5 Å². The van der Waals surface area contributed by atoms with E-state index in [1.54, 1.807) is 32.3 Å². The maximum absolute atomic E-state index is 12.4. The van der Waals surface area contributed by atoms with Crippen LogP contribution in [-0.2, 0) is 14.3 Å². The maximum atomic E-state index is 12.4. The number of methoxy groups -OCH3 is 2. The first kappa shape index (κ1) is 21.0. The molecule has 9 nitrogen and oxygen atoms in total. The van der Waals surface area contributed by atoms with Gasteiger partial charge in [-0.3, -0.25) is 19.7 Å². The Morgan fingerprint density at radius 3 is 2.70 bits per heavy atom. The van der Waals surface area contributed by atoms with Crippen molar-refractivity contribution in [3.63, 3.8) is 0 Å². The molecule has 3 rings (SSSR count). The van der Waals surface area contributed by atoms with E-state index in [0.717, 1.165) is 0 Å². The maximum Gasteiger partial charge on any atom is 0.273 e. The highest BCUT2D eigenvalue weighted by molar-refractivity contribution is 6.15. The van der Waals surface area contributed by atoms with Crippen molar-refractivity contribution in [2.75, 3.05) is 20.8 Å². The van der Waals surface area contributed by atoms with Crippen LogP contribution in [0.4, 0.5) is 5.69 Å². The summed E-state index contributed by atoms with van der Waals surface area (Å²) in [4.78, 5) is 39.4. The quantitative estimate of drug-likeness (QED) is 0.544. The van der Waals surface area contributed by atoms with Gasteiger partial charge in [0.1, 0.15) is 17.2 Å². The molecule has 0 fully saturated rings. The zero-order valence-electron chi connectivity index (χ0n) is 16.8. The van der Waals surface area contributed by atoms with Crippen molar-refractivity contribution >= 4 is 23.2 Å². The largest absolute Gasteiger partial charge is 0.500 e. The number of nitrogens with zero attached hydrogens (tertiary/aromatic N) is 2. The number of benzene rings is 1. The topological polar surface area (TPSA) is 120 Å². The zero-order valence-corrected chi connectivity index (χ0v) is 16.8. The van der Waals surface area contributed by atoms with Gasteiger partial charge in [-0.1, -0.05) is 12.1 Å². The van der Waals surface area contributed by atoms with Crippen LogP contribution in [0.5, 0.6) is 0 Å². The highest BCUT2D eigenvalue weighted by Gasteiger charge is 2.32. The van der Waals surface area contributed by atoms with Gasteiger partial charge in [-0.05, 0) is 31.6 Å². The number of carbonyl (C=O) groups excluding carboxylic acids is 2. The van der Waals surface area contributed by atoms with Gasteiger partial charge in [-0.2, -0.15) is 0 Å². The first-order valence-corrected chi connectivity index (χ1v) is 9.22. The number of amides is 2. The molecule has 0 radical (unpaired) electrons. The van der Waals surface area contributed by atoms with Crippen LogP contribution < -0.4 is 5.32 Å². The number of rotatable bonds is 7. The molecule has 1 unspecified atom stereocenters. The second-order valence-corrected chi connectivity index (χ2v) is 6.74. The molecule has 1 N–H and O–H groups in total. The molecule has 0 spiro atoms. The minimum absolute atomic E-state index is 0.118. The van der Waals surface area contributed by atoms with Crippen LogP contribution in [0.2, 0.25) is 0 Å². The number of aliphatic imine (C=N–C) groups is 1. The normalized spacial score (nSPS) is 17.7. The van der Waals surface area contributed by atoms with Gasteiger partial charge in [0.2, 0.25) is 0 Å². The predicted octanol–water partition coefficient (Wildman–Crippen LogP) is 2.62. The lowest BCUT2D eigenvalue weighted by Crippen LogP contribution is -2.30. The third-order valence-electron chi connectivity index (χ3n) is 4.92. The van der Waals surface area contributed by atoms with Gasteiger partial charge >= 0.3 is 0 Å². The van der Waals surface area contributed by atoms with Crippen molar-refractivity contribution < 1.29 is 24.0 Å². The van der Waals surface area contributed by atoms with Gasteiger partial charge in [0, 0.05) is 29.3 Å². The lowest BCUT2D eigenvalue weighted by Gasteiger charge is -2.26. The van der Waals surface area contributed by atoms with E-state index in [4.69, 9.17) is 9.47 Å². The molecule has 0 saturated heterocycles. The summed E-state index contributed by atoms with van der Waals surface area (Å²) in [6.45, 7) is 1.78. The fourth-order valence-electron chi connectivity index (χ4n) is 3.29. The van der Waals surface area contributed by atoms with Crippen molar-refractivity contribution in [3.8, 4) is 0 Å². The van der Waals surface area contributed by atoms with E-state index >= 15 is 0 Å². The summed E-state index contributed by atoms with van der Waals surface area (Å²) in [6, 6.07) is 4.29. The number of nitro benzene ring substituents is 1. The van der Waals surface area contributed by atoms with E-state index in [2.05, 4.69) is 10.3 Å². The highest BCUT2D eigenvalue weighted by Crippen LogP contribution is 2.30. The number of hydrogen-bond donors (Lipinski definition) is 1. The van der Waals surface area contributed by atoms with Crippen LogP contribution in [0.25, 0.3) is 0 Å². The lowest BCUT2D eigenvalue weighted by molar-refractivity contribution is -0.385. The second-order valence-electron chi connectivity index (χ2n) is 6.74. The summed E-state index contributed by atoms with van der Waals surface area (Å²) in [5.74, 6) is -0.0555. The third-order valence-corrected chi connectivity index (χ3v) is 4.92. The molecule has 1 aliphatic heterocycles. The van der Waals surface area contributed by atoms with Crippen LogP contribution >= 0.6 is 0 Å². The fraction of sp³-hybridized carbons (Fsp3) is 0.286. The molecule has 1 heterocycles. The number of fused-ring (bicyclic) bond motifs is 1. The molecule has 1 aromatic carbocycles. The first-order chi connectivity index (χ1) is 14.3. The lowest BCUT2D eigenvalue weighted by atomic mass is 9.89. The Morgan fingerprint density at radius 1 is 1.27 bits per heavy atom. The second kappa shape index (κ2) is 8.73. The van der Waals surface area contributed by atoms with Crippen molar-refractivity contribution in [2.45, 2.75) is 13.3 Å². The minimum Gasteiger partial charge on any atom is -0.500 e. The molecule has 0 saturated carbocycles. The number of aryl methyl sites for hydroxylation is 1. The average Bonchev–Trinajstić information content (AvgIpc) is 2.73. The molecule has 156 valence electrons. The number of ether oxygens (including phenoxy) is 2. The van der Waals surface area contributed by atoms with Gasteiger partial charge in [0.25, 0.3) is 17.5 Å². The third kappa shape index (κ3) is 4.14. The van der Waals surface area contributed by atoms with E-state index in [1.165, 1.54) is 25.3 Å². The van der Waals surface area contributed by atoms with Crippen LogP contribution in [-0.4, -0.2) is 43.2 Å². The summed E-state index contributed by atoms with van der Waals surface area (Å²) >= 11 is 0. The number of hydrogen-bond acceptors (Lipinski definition) is 6. The zero-order chi connectivity index (χ0) is 21.8. The summed E-state index contributed by atoms with van der Waals surface area (Å²) in [5, 5.41) is 13.7. The Morgan fingerprint density at radius 2 is 2.03 bits per heavy atom. The van der Waals surface area contributed by atoms with E-state index in [1.807, 2.05) is 0 Å². The highest BCUT2D eigenvalue weighted by atomic mass is 16.6. The number of allylic oxidation sites excluding steroid dienone is 4. The Kier molecular flexibility index (Phi) is 6.10. The average molecular weight is 411 g/mol. The Labute approximate surface area is 172 Å². The van der Waals surface area contributed by atoms with E-state index in [9.17, 15) is 19.7 Å². The SMILES string of the molecule is COC1=CC=C(OC)C2C=C(CCNC(=O)c3ccc(C)c([N+](=O)[O-])c3)C(=O)N=C12. The molecule has 9 heteroatoms. The van der Waals surface area contributed by atoms with E-state index in [-0.39, 0.29) is 30.1 Å². The standard InChI is InChI=1S/C21H21N3O6/c1-12-4-5-13(11-16(12)24(27)28)20(25)22-9-8-14-10-15-17(29-2)6-7-18(30-3)19(15)23-21(14)26/h4-7,10-11,15H,8-9H2,1-3H3,(H,22,25). The Balaban J connectivity index is 1.68.